The molecule has 24 heavy (non-hydrogen) atoms. The maximum absolute atomic E-state index is 12.3. The molecule has 122 valence electrons. The van der Waals surface area contributed by atoms with Crippen molar-refractivity contribution in [3.63, 3.8) is 0 Å². The van der Waals surface area contributed by atoms with E-state index in [1.54, 1.807) is 19.1 Å². The second-order valence-corrected chi connectivity index (χ2v) is 5.91. The number of carbonyl (C=O) groups is 1. The number of rotatable bonds is 4. The summed E-state index contributed by atoms with van der Waals surface area (Å²) in [6.45, 7) is 3.73. The third-order valence-corrected chi connectivity index (χ3v) is 3.88. The van der Waals surface area contributed by atoms with Crippen LogP contribution < -0.4 is 5.32 Å². The molecule has 0 fully saturated rings. The van der Waals surface area contributed by atoms with E-state index in [1.165, 1.54) is 0 Å². The molecule has 0 aliphatic carbocycles. The molecule has 0 unspecified atom stereocenters. The van der Waals surface area contributed by atoms with Gasteiger partial charge in [-0.15, -0.1) is 0 Å². The molecule has 0 spiro atoms. The van der Waals surface area contributed by atoms with Gasteiger partial charge in [-0.1, -0.05) is 46.6 Å². The minimum absolute atomic E-state index is 0.191. The summed E-state index contributed by atoms with van der Waals surface area (Å²) >= 11 is 6.14. The second-order valence-electron chi connectivity index (χ2n) is 5.50. The molecule has 6 heteroatoms. The Hall–Kier alpha value is -2.66. The van der Waals surface area contributed by atoms with E-state index in [4.69, 9.17) is 16.1 Å². The number of hydrogen-bond donors (Lipinski definition) is 1. The molecular formula is C18H16ClN3O2. The molecule has 1 amide bonds. The van der Waals surface area contributed by atoms with E-state index in [9.17, 15) is 4.79 Å². The predicted molar refractivity (Wildman–Crippen MR) is 91.8 cm³/mol. The van der Waals surface area contributed by atoms with Crippen molar-refractivity contribution in [3.05, 3.63) is 70.6 Å². The van der Waals surface area contributed by atoms with Crippen molar-refractivity contribution in [2.45, 2.75) is 19.9 Å². The van der Waals surface area contributed by atoms with Gasteiger partial charge in [0.15, 0.2) is 0 Å². The molecule has 1 heterocycles. The first-order chi connectivity index (χ1) is 11.5. The predicted octanol–water partition coefficient (Wildman–Crippen LogP) is 4.19. The summed E-state index contributed by atoms with van der Waals surface area (Å²) in [5.74, 6) is 0.530. The van der Waals surface area contributed by atoms with E-state index in [1.807, 2.05) is 43.3 Å². The van der Waals surface area contributed by atoms with Gasteiger partial charge in [0.25, 0.3) is 5.91 Å². The second kappa shape index (κ2) is 6.84. The average Bonchev–Trinajstić information content (AvgIpc) is 3.05. The fourth-order valence-electron chi connectivity index (χ4n) is 2.29. The number of nitrogens with one attached hydrogen (secondary N) is 1. The number of halogens is 1. The Morgan fingerprint density at radius 2 is 2.00 bits per heavy atom. The van der Waals surface area contributed by atoms with Crippen molar-refractivity contribution in [3.8, 4) is 11.4 Å². The molecule has 0 saturated carbocycles. The zero-order chi connectivity index (χ0) is 17.1. The van der Waals surface area contributed by atoms with E-state index in [-0.39, 0.29) is 5.91 Å². The van der Waals surface area contributed by atoms with Crippen LogP contribution in [-0.4, -0.2) is 16.0 Å². The topological polar surface area (TPSA) is 68.0 Å². The minimum atomic E-state index is -0.415. The van der Waals surface area contributed by atoms with Gasteiger partial charge < -0.3 is 9.84 Å². The first kappa shape index (κ1) is 16.2. The van der Waals surface area contributed by atoms with Crippen LogP contribution >= 0.6 is 11.6 Å². The van der Waals surface area contributed by atoms with E-state index in [2.05, 4.69) is 15.5 Å². The molecule has 0 radical (unpaired) electrons. The van der Waals surface area contributed by atoms with Gasteiger partial charge in [-0.3, -0.25) is 4.79 Å². The highest BCUT2D eigenvalue weighted by molar-refractivity contribution is 6.33. The molecule has 1 aromatic heterocycles. The molecule has 3 aromatic rings. The van der Waals surface area contributed by atoms with E-state index in [0.717, 1.165) is 5.56 Å². The van der Waals surface area contributed by atoms with Crippen LogP contribution in [0.2, 0.25) is 5.02 Å². The van der Waals surface area contributed by atoms with Crippen LogP contribution in [0.5, 0.6) is 0 Å². The number of aryl methyl sites for hydroxylation is 1. The molecule has 1 atom stereocenters. The SMILES string of the molecule is Cc1cccc(C(=O)N[C@H](C)c2nc(-c3ccccc3Cl)no2)c1. The summed E-state index contributed by atoms with van der Waals surface area (Å²) in [5.41, 5.74) is 2.30. The number of amides is 1. The molecule has 0 saturated heterocycles. The first-order valence-corrected chi connectivity index (χ1v) is 7.88. The number of benzene rings is 2. The average molecular weight is 342 g/mol. The summed E-state index contributed by atoms with van der Waals surface area (Å²) in [4.78, 5) is 16.6. The van der Waals surface area contributed by atoms with Crippen LogP contribution in [-0.2, 0) is 0 Å². The van der Waals surface area contributed by atoms with E-state index >= 15 is 0 Å². The van der Waals surface area contributed by atoms with E-state index < -0.39 is 6.04 Å². The Morgan fingerprint density at radius 1 is 1.21 bits per heavy atom. The monoisotopic (exact) mass is 341 g/mol. The zero-order valence-electron chi connectivity index (χ0n) is 13.3. The fourth-order valence-corrected chi connectivity index (χ4v) is 2.51. The highest BCUT2D eigenvalue weighted by Gasteiger charge is 2.19. The van der Waals surface area contributed by atoms with Gasteiger partial charge in [-0.25, -0.2) is 0 Å². The summed E-state index contributed by atoms with van der Waals surface area (Å²) in [6.07, 6.45) is 0. The molecule has 0 aliphatic rings. The standard InChI is InChI=1S/C18H16ClN3O2/c1-11-6-5-7-13(10-11)17(23)20-12(2)18-21-16(22-24-18)14-8-3-4-9-15(14)19/h3-10,12H,1-2H3,(H,20,23)/t12-/m1/s1. The number of nitrogens with zero attached hydrogens (tertiary/aromatic N) is 2. The third kappa shape index (κ3) is 3.46. The van der Waals surface area contributed by atoms with Gasteiger partial charge in [0.2, 0.25) is 11.7 Å². The number of aromatic nitrogens is 2. The van der Waals surface area contributed by atoms with Crippen molar-refractivity contribution in [2.24, 2.45) is 0 Å². The Balaban J connectivity index is 1.75. The lowest BCUT2D eigenvalue weighted by Crippen LogP contribution is -2.26. The van der Waals surface area contributed by atoms with Crippen molar-refractivity contribution in [1.82, 2.24) is 15.5 Å². The van der Waals surface area contributed by atoms with Crippen LogP contribution in [0.15, 0.2) is 53.1 Å². The lowest BCUT2D eigenvalue weighted by molar-refractivity contribution is 0.0932. The van der Waals surface area contributed by atoms with Crippen LogP contribution in [0.4, 0.5) is 0 Å². The fraction of sp³-hybridized carbons (Fsp3) is 0.167. The van der Waals surface area contributed by atoms with Gasteiger partial charge in [-0.2, -0.15) is 4.98 Å². The first-order valence-electron chi connectivity index (χ1n) is 7.50. The highest BCUT2D eigenvalue weighted by atomic mass is 35.5. The molecular weight excluding hydrogens is 326 g/mol. The molecule has 5 nitrogen and oxygen atoms in total. The maximum atomic E-state index is 12.3. The van der Waals surface area contributed by atoms with Gasteiger partial charge in [0.05, 0.1) is 5.02 Å². The van der Waals surface area contributed by atoms with Crippen molar-refractivity contribution >= 4 is 17.5 Å². The zero-order valence-corrected chi connectivity index (χ0v) is 14.0. The lowest BCUT2D eigenvalue weighted by atomic mass is 10.1. The Morgan fingerprint density at radius 3 is 2.75 bits per heavy atom. The molecule has 0 aliphatic heterocycles. The third-order valence-electron chi connectivity index (χ3n) is 3.55. The van der Waals surface area contributed by atoms with Crippen LogP contribution in [0.25, 0.3) is 11.4 Å². The molecule has 2 aromatic carbocycles. The Labute approximate surface area is 144 Å². The van der Waals surface area contributed by atoms with Gasteiger partial charge in [0, 0.05) is 11.1 Å². The maximum Gasteiger partial charge on any atom is 0.251 e. The molecule has 3 rings (SSSR count). The number of hydrogen-bond acceptors (Lipinski definition) is 4. The van der Waals surface area contributed by atoms with E-state index in [0.29, 0.717) is 27.9 Å². The van der Waals surface area contributed by atoms with Crippen LogP contribution in [0.1, 0.15) is 34.8 Å². The minimum Gasteiger partial charge on any atom is -0.341 e. The Kier molecular flexibility index (Phi) is 4.62. The van der Waals surface area contributed by atoms with Crippen molar-refractivity contribution in [1.29, 1.82) is 0 Å². The summed E-state index contributed by atoms with van der Waals surface area (Å²) in [5, 5.41) is 7.33. The quantitative estimate of drug-likeness (QED) is 0.772. The number of carbonyl (C=O) groups excluding carboxylic acids is 1. The van der Waals surface area contributed by atoms with Crippen LogP contribution in [0, 0.1) is 6.92 Å². The summed E-state index contributed by atoms with van der Waals surface area (Å²) < 4.78 is 5.26. The summed E-state index contributed by atoms with van der Waals surface area (Å²) in [6, 6.07) is 14.2. The highest BCUT2D eigenvalue weighted by Crippen LogP contribution is 2.26. The normalized spacial score (nSPS) is 12.0. The molecule has 0 bridgehead atoms. The smallest absolute Gasteiger partial charge is 0.251 e. The van der Waals surface area contributed by atoms with Crippen molar-refractivity contribution in [2.75, 3.05) is 0 Å². The van der Waals surface area contributed by atoms with Crippen molar-refractivity contribution < 1.29 is 9.32 Å². The Bertz CT molecular complexity index is 876. The summed E-state index contributed by atoms with van der Waals surface area (Å²) in [7, 11) is 0. The molecule has 1 N–H and O–H groups in total. The largest absolute Gasteiger partial charge is 0.341 e. The van der Waals surface area contributed by atoms with Gasteiger partial charge in [0.1, 0.15) is 6.04 Å². The van der Waals surface area contributed by atoms with Gasteiger partial charge >= 0.3 is 0 Å². The van der Waals surface area contributed by atoms with Crippen LogP contribution in [0.3, 0.4) is 0 Å². The lowest BCUT2D eigenvalue weighted by Gasteiger charge is -2.10. The van der Waals surface area contributed by atoms with Gasteiger partial charge in [-0.05, 0) is 38.1 Å².